The van der Waals surface area contributed by atoms with E-state index < -0.39 is 0 Å². The Morgan fingerprint density at radius 1 is 1.54 bits per heavy atom. The monoisotopic (exact) mass is 479 g/mol. The minimum Gasteiger partial charge on any atom is -0.463 e. The van der Waals surface area contributed by atoms with Crippen LogP contribution in [0, 0.1) is 0 Å². The van der Waals surface area contributed by atoms with Crippen LogP contribution in [0.4, 0.5) is 0 Å². The van der Waals surface area contributed by atoms with Gasteiger partial charge in [0.15, 0.2) is 5.96 Å². The lowest BCUT2D eigenvalue weighted by molar-refractivity contribution is -0.147. The van der Waals surface area contributed by atoms with Gasteiger partial charge in [-0.3, -0.25) is 14.5 Å². The Morgan fingerprint density at radius 3 is 2.92 bits per heavy atom. The van der Waals surface area contributed by atoms with Gasteiger partial charge in [0.25, 0.3) is 0 Å². The number of carbonyl (C=O) groups excluding carboxylic acids is 1. The van der Waals surface area contributed by atoms with Gasteiger partial charge >= 0.3 is 5.97 Å². The zero-order valence-electron chi connectivity index (χ0n) is 16.0. The highest BCUT2D eigenvalue weighted by atomic mass is 127. The highest BCUT2D eigenvalue weighted by Gasteiger charge is 2.25. The molecular weight excluding hydrogens is 449 g/mol. The van der Waals surface area contributed by atoms with E-state index in [0.29, 0.717) is 19.7 Å². The lowest BCUT2D eigenvalue weighted by Crippen LogP contribution is -2.48. The number of nitrogens with zero attached hydrogens (tertiary/aromatic N) is 4. The van der Waals surface area contributed by atoms with Gasteiger partial charge in [0.2, 0.25) is 0 Å². The van der Waals surface area contributed by atoms with Gasteiger partial charge < -0.3 is 19.7 Å². The Kier molecular flexibility index (Phi) is 9.92. The number of esters is 1. The first-order valence-electron chi connectivity index (χ1n) is 8.82. The number of aliphatic imine (C=N–C) groups is 1. The van der Waals surface area contributed by atoms with E-state index in [1.165, 1.54) is 0 Å². The second-order valence-electron chi connectivity index (χ2n) is 6.28. The number of aromatic nitrogens is 2. The van der Waals surface area contributed by atoms with Crippen LogP contribution in [0.3, 0.4) is 0 Å². The fourth-order valence-electron chi connectivity index (χ4n) is 2.65. The molecule has 1 atom stereocenters. The summed E-state index contributed by atoms with van der Waals surface area (Å²) in [6, 6.07) is 0. The Balaban J connectivity index is 0.00000338. The molecule has 9 heteroatoms. The van der Waals surface area contributed by atoms with Gasteiger partial charge in [-0.25, -0.2) is 0 Å². The van der Waals surface area contributed by atoms with Crippen molar-refractivity contribution in [2.24, 2.45) is 12.0 Å². The molecule has 0 radical (unpaired) electrons. The van der Waals surface area contributed by atoms with Crippen LogP contribution < -0.4 is 5.32 Å². The van der Waals surface area contributed by atoms with Gasteiger partial charge in [0.05, 0.1) is 38.4 Å². The largest absolute Gasteiger partial charge is 0.463 e. The average Bonchev–Trinajstić information content (AvgIpc) is 3.00. The summed E-state index contributed by atoms with van der Waals surface area (Å²) >= 11 is 0. The van der Waals surface area contributed by atoms with Crippen LogP contribution in [0.25, 0.3) is 0 Å². The Bertz CT molecular complexity index is 591. The van der Waals surface area contributed by atoms with E-state index in [-0.39, 0.29) is 48.6 Å². The van der Waals surface area contributed by atoms with Crippen molar-refractivity contribution in [1.29, 1.82) is 0 Å². The van der Waals surface area contributed by atoms with E-state index in [0.717, 1.165) is 24.6 Å². The summed E-state index contributed by atoms with van der Waals surface area (Å²) in [4.78, 5) is 18.4. The number of halogens is 1. The first kappa shape index (κ1) is 22.7. The van der Waals surface area contributed by atoms with Crippen LogP contribution in [0.15, 0.2) is 17.4 Å². The molecule has 1 N–H and O–H groups in total. The molecule has 1 saturated heterocycles. The van der Waals surface area contributed by atoms with Gasteiger partial charge in [0, 0.05) is 31.9 Å². The predicted molar refractivity (Wildman–Crippen MR) is 111 cm³/mol. The molecule has 2 heterocycles. The summed E-state index contributed by atoms with van der Waals surface area (Å²) in [5.41, 5.74) is 1.06. The second kappa shape index (κ2) is 11.4. The number of aryl methyl sites for hydroxylation is 1. The number of guanidine groups is 1. The van der Waals surface area contributed by atoms with Crippen molar-refractivity contribution in [2.45, 2.75) is 39.4 Å². The molecule has 1 aromatic heterocycles. The zero-order valence-corrected chi connectivity index (χ0v) is 18.3. The summed E-state index contributed by atoms with van der Waals surface area (Å²) in [5, 5.41) is 7.50. The van der Waals surface area contributed by atoms with Crippen LogP contribution in [0.1, 0.15) is 38.9 Å². The first-order chi connectivity index (χ1) is 12.0. The number of nitrogens with one attached hydrogen (secondary N) is 1. The molecule has 0 saturated carbocycles. The van der Waals surface area contributed by atoms with E-state index in [1.54, 1.807) is 4.68 Å². The third kappa shape index (κ3) is 7.10. The van der Waals surface area contributed by atoms with Crippen molar-refractivity contribution in [3.05, 3.63) is 18.0 Å². The Morgan fingerprint density at radius 2 is 2.31 bits per heavy atom. The summed E-state index contributed by atoms with van der Waals surface area (Å²) < 4.78 is 12.8. The number of ether oxygens (including phenoxy) is 2. The van der Waals surface area contributed by atoms with Gasteiger partial charge in [-0.2, -0.15) is 5.10 Å². The van der Waals surface area contributed by atoms with Crippen LogP contribution in [-0.4, -0.2) is 65.5 Å². The molecule has 0 aliphatic carbocycles. The third-order valence-corrected chi connectivity index (χ3v) is 3.74. The van der Waals surface area contributed by atoms with E-state index in [4.69, 9.17) is 9.47 Å². The number of carbonyl (C=O) groups is 1. The SMILES string of the molecule is CCNC(=NCCC(=O)OC(C)C)N1CCOC(c2cnn(C)c2)C1.I. The van der Waals surface area contributed by atoms with Crippen molar-refractivity contribution in [3.63, 3.8) is 0 Å². The van der Waals surface area contributed by atoms with Crippen molar-refractivity contribution in [3.8, 4) is 0 Å². The minimum atomic E-state index is -0.218. The van der Waals surface area contributed by atoms with Crippen LogP contribution in [0.5, 0.6) is 0 Å². The quantitative estimate of drug-likeness (QED) is 0.290. The molecule has 2 rings (SSSR count). The summed E-state index contributed by atoms with van der Waals surface area (Å²) in [7, 11) is 1.89. The fraction of sp³-hybridized carbons (Fsp3) is 0.706. The highest BCUT2D eigenvalue weighted by molar-refractivity contribution is 14.0. The normalized spacial score (nSPS) is 17.8. The molecule has 1 aliphatic heterocycles. The highest BCUT2D eigenvalue weighted by Crippen LogP contribution is 2.21. The van der Waals surface area contributed by atoms with E-state index in [2.05, 4.69) is 20.3 Å². The molecule has 8 nitrogen and oxygen atoms in total. The molecular formula is C17H30IN5O3. The maximum absolute atomic E-state index is 11.7. The molecule has 1 unspecified atom stereocenters. The summed E-state index contributed by atoms with van der Waals surface area (Å²) in [6.45, 7) is 8.98. The molecule has 148 valence electrons. The molecule has 0 spiro atoms. The lowest BCUT2D eigenvalue weighted by Gasteiger charge is -2.34. The first-order valence-corrected chi connectivity index (χ1v) is 8.82. The maximum atomic E-state index is 11.7. The lowest BCUT2D eigenvalue weighted by atomic mass is 10.1. The molecule has 1 aliphatic rings. The number of morpholine rings is 1. The van der Waals surface area contributed by atoms with E-state index in [1.807, 2.05) is 40.2 Å². The van der Waals surface area contributed by atoms with Crippen LogP contribution >= 0.6 is 24.0 Å². The minimum absolute atomic E-state index is 0. The summed E-state index contributed by atoms with van der Waals surface area (Å²) in [6.07, 6.45) is 3.96. The second-order valence-corrected chi connectivity index (χ2v) is 6.28. The third-order valence-electron chi connectivity index (χ3n) is 3.74. The van der Waals surface area contributed by atoms with Crippen LogP contribution in [-0.2, 0) is 21.3 Å². The molecule has 26 heavy (non-hydrogen) atoms. The number of hydrogen-bond donors (Lipinski definition) is 1. The average molecular weight is 479 g/mol. The van der Waals surface area contributed by atoms with E-state index in [9.17, 15) is 4.79 Å². The maximum Gasteiger partial charge on any atom is 0.307 e. The summed E-state index contributed by atoms with van der Waals surface area (Å²) in [5.74, 6) is 0.585. The van der Waals surface area contributed by atoms with Crippen molar-refractivity contribution in [2.75, 3.05) is 32.8 Å². The Labute approximate surface area is 172 Å². The van der Waals surface area contributed by atoms with Gasteiger partial charge in [0.1, 0.15) is 6.10 Å². The zero-order chi connectivity index (χ0) is 18.2. The van der Waals surface area contributed by atoms with Crippen molar-refractivity contribution >= 4 is 35.9 Å². The van der Waals surface area contributed by atoms with Gasteiger partial charge in [-0.15, -0.1) is 24.0 Å². The topological polar surface area (TPSA) is 81.0 Å². The molecule has 0 aromatic carbocycles. The van der Waals surface area contributed by atoms with Gasteiger partial charge in [-0.05, 0) is 20.8 Å². The van der Waals surface area contributed by atoms with E-state index >= 15 is 0 Å². The smallest absolute Gasteiger partial charge is 0.307 e. The Hall–Kier alpha value is -1.36. The number of rotatable bonds is 6. The molecule has 0 bridgehead atoms. The van der Waals surface area contributed by atoms with Crippen molar-refractivity contribution < 1.29 is 14.3 Å². The predicted octanol–water partition coefficient (Wildman–Crippen LogP) is 1.72. The molecule has 1 aromatic rings. The van der Waals surface area contributed by atoms with Crippen LogP contribution in [0.2, 0.25) is 0 Å². The van der Waals surface area contributed by atoms with Crippen molar-refractivity contribution in [1.82, 2.24) is 20.0 Å². The standard InChI is InChI=1S/C17H29N5O3.HI/c1-5-18-17(19-7-6-16(23)25-13(2)3)22-8-9-24-15(12-22)14-10-20-21(4)11-14;/h10-11,13,15H,5-9,12H2,1-4H3,(H,18,19);1H. The van der Waals surface area contributed by atoms with Gasteiger partial charge in [-0.1, -0.05) is 0 Å². The molecule has 1 fully saturated rings. The number of hydrogen-bond acceptors (Lipinski definition) is 5. The molecule has 0 amide bonds. The fourth-order valence-corrected chi connectivity index (χ4v) is 2.65.